The van der Waals surface area contributed by atoms with E-state index in [0.29, 0.717) is 29.2 Å². The van der Waals surface area contributed by atoms with Gasteiger partial charge in [0.2, 0.25) is 5.88 Å². The van der Waals surface area contributed by atoms with Crippen LogP contribution in [0, 0.1) is 0 Å². The van der Waals surface area contributed by atoms with Crippen molar-refractivity contribution in [1.29, 1.82) is 0 Å². The molecule has 0 unspecified atom stereocenters. The van der Waals surface area contributed by atoms with Gasteiger partial charge in [-0.05, 0) is 24.3 Å². The molecule has 0 spiro atoms. The van der Waals surface area contributed by atoms with Crippen LogP contribution < -0.4 is 9.64 Å². The number of para-hydroxylation sites is 1. The van der Waals surface area contributed by atoms with Crippen molar-refractivity contribution in [2.24, 2.45) is 4.99 Å². The maximum atomic E-state index is 12.7. The SMILES string of the molecule is CN1CC=Nc2c(Oc3cc(-c4ccc(C(F)(F)F)cc4)ncn3)cccc21. The van der Waals surface area contributed by atoms with Crippen LogP contribution >= 0.6 is 0 Å². The molecular formula is C20H15F3N4O. The molecule has 2 aromatic carbocycles. The van der Waals surface area contributed by atoms with E-state index in [-0.39, 0.29) is 5.88 Å². The Labute approximate surface area is 159 Å². The van der Waals surface area contributed by atoms with Gasteiger partial charge in [0, 0.05) is 24.9 Å². The van der Waals surface area contributed by atoms with Crippen molar-refractivity contribution in [3.63, 3.8) is 0 Å². The van der Waals surface area contributed by atoms with Gasteiger partial charge in [-0.25, -0.2) is 9.97 Å². The molecule has 1 aliphatic rings. The molecule has 0 saturated heterocycles. The maximum absolute atomic E-state index is 12.7. The molecule has 0 bridgehead atoms. The van der Waals surface area contributed by atoms with Crippen LogP contribution in [-0.2, 0) is 6.18 Å². The predicted molar refractivity (Wildman–Crippen MR) is 100 cm³/mol. The van der Waals surface area contributed by atoms with Gasteiger partial charge in [-0.15, -0.1) is 0 Å². The Balaban J connectivity index is 1.62. The number of rotatable bonds is 3. The van der Waals surface area contributed by atoms with Gasteiger partial charge in [-0.3, -0.25) is 4.99 Å². The molecule has 28 heavy (non-hydrogen) atoms. The third-order valence-corrected chi connectivity index (χ3v) is 4.33. The monoisotopic (exact) mass is 384 g/mol. The summed E-state index contributed by atoms with van der Waals surface area (Å²) in [5.41, 5.74) is 1.93. The summed E-state index contributed by atoms with van der Waals surface area (Å²) in [6, 6.07) is 12.0. The predicted octanol–water partition coefficient (Wildman–Crippen LogP) is 5.11. The molecule has 0 aliphatic carbocycles. The fourth-order valence-electron chi connectivity index (χ4n) is 2.88. The molecule has 0 amide bonds. The summed E-state index contributed by atoms with van der Waals surface area (Å²) in [5.74, 6) is 0.819. The average Bonchev–Trinajstić information content (AvgIpc) is 2.69. The lowest BCUT2D eigenvalue weighted by Gasteiger charge is -2.23. The Bertz CT molecular complexity index is 1030. The minimum atomic E-state index is -4.38. The smallest absolute Gasteiger partial charge is 0.416 e. The minimum absolute atomic E-state index is 0.279. The summed E-state index contributed by atoms with van der Waals surface area (Å²) < 4.78 is 44.1. The molecule has 1 aliphatic heterocycles. The summed E-state index contributed by atoms with van der Waals surface area (Å²) >= 11 is 0. The highest BCUT2D eigenvalue weighted by Gasteiger charge is 2.30. The molecule has 2 heterocycles. The Morgan fingerprint density at radius 3 is 2.57 bits per heavy atom. The second-order valence-electron chi connectivity index (χ2n) is 6.23. The van der Waals surface area contributed by atoms with Gasteiger partial charge in [0.15, 0.2) is 5.75 Å². The van der Waals surface area contributed by atoms with Crippen LogP contribution in [0.2, 0.25) is 0 Å². The van der Waals surface area contributed by atoms with Crippen molar-refractivity contribution in [2.75, 3.05) is 18.5 Å². The fourth-order valence-corrected chi connectivity index (χ4v) is 2.88. The second kappa shape index (κ2) is 6.95. The van der Waals surface area contributed by atoms with Crippen molar-refractivity contribution in [2.45, 2.75) is 6.18 Å². The van der Waals surface area contributed by atoms with Crippen LogP contribution in [-0.4, -0.2) is 29.8 Å². The van der Waals surface area contributed by atoms with Crippen molar-refractivity contribution in [3.05, 3.63) is 60.4 Å². The van der Waals surface area contributed by atoms with E-state index in [1.54, 1.807) is 18.3 Å². The normalized spacial score (nSPS) is 13.4. The Kier molecular flexibility index (Phi) is 4.46. The van der Waals surface area contributed by atoms with Gasteiger partial charge in [0.05, 0.1) is 23.5 Å². The first-order valence-electron chi connectivity index (χ1n) is 8.46. The van der Waals surface area contributed by atoms with E-state index in [9.17, 15) is 13.2 Å². The highest BCUT2D eigenvalue weighted by Crippen LogP contribution is 2.40. The number of fused-ring (bicyclic) bond motifs is 1. The third-order valence-electron chi connectivity index (χ3n) is 4.33. The van der Waals surface area contributed by atoms with Gasteiger partial charge in [-0.1, -0.05) is 18.2 Å². The van der Waals surface area contributed by atoms with Gasteiger partial charge in [0.1, 0.15) is 12.0 Å². The van der Waals surface area contributed by atoms with E-state index in [2.05, 4.69) is 15.0 Å². The molecule has 0 atom stereocenters. The molecule has 0 radical (unpaired) electrons. The summed E-state index contributed by atoms with van der Waals surface area (Å²) in [6.07, 6.45) is -1.27. The highest BCUT2D eigenvalue weighted by atomic mass is 19.4. The number of aromatic nitrogens is 2. The molecule has 142 valence electrons. The van der Waals surface area contributed by atoms with Crippen LogP contribution in [0.5, 0.6) is 11.6 Å². The first-order chi connectivity index (χ1) is 13.4. The molecule has 0 N–H and O–H groups in total. The lowest BCUT2D eigenvalue weighted by molar-refractivity contribution is -0.137. The molecule has 4 rings (SSSR count). The first kappa shape index (κ1) is 18.0. The standard InChI is InChI=1S/C20H15F3N4O/c1-27-10-9-24-19-16(27)3-2-4-17(19)28-18-11-15(25-12-26-18)13-5-7-14(8-6-13)20(21,22)23/h2-9,11-12H,10H2,1H3. The molecule has 8 heteroatoms. The summed E-state index contributed by atoms with van der Waals surface area (Å²) in [7, 11) is 1.96. The molecule has 0 saturated carbocycles. The quantitative estimate of drug-likeness (QED) is 0.630. The maximum Gasteiger partial charge on any atom is 0.416 e. The summed E-state index contributed by atoms with van der Waals surface area (Å²) in [5, 5.41) is 0. The van der Waals surface area contributed by atoms with E-state index in [4.69, 9.17) is 4.74 Å². The van der Waals surface area contributed by atoms with Gasteiger partial charge in [-0.2, -0.15) is 13.2 Å². The number of nitrogens with zero attached hydrogens (tertiary/aromatic N) is 4. The number of alkyl halides is 3. The first-order valence-corrected chi connectivity index (χ1v) is 8.46. The van der Waals surface area contributed by atoms with Crippen molar-refractivity contribution in [3.8, 4) is 22.9 Å². The number of ether oxygens (including phenoxy) is 1. The van der Waals surface area contributed by atoms with E-state index in [0.717, 1.165) is 17.8 Å². The molecule has 5 nitrogen and oxygen atoms in total. The van der Waals surface area contributed by atoms with E-state index >= 15 is 0 Å². The number of anilines is 1. The van der Waals surface area contributed by atoms with Gasteiger partial charge in [0.25, 0.3) is 0 Å². The Morgan fingerprint density at radius 1 is 1.04 bits per heavy atom. The van der Waals surface area contributed by atoms with Crippen LogP contribution in [0.4, 0.5) is 24.5 Å². The zero-order valence-corrected chi connectivity index (χ0v) is 14.8. The van der Waals surface area contributed by atoms with Crippen LogP contribution in [0.15, 0.2) is 59.9 Å². The number of aliphatic imine (C=N–C) groups is 1. The number of hydrogen-bond acceptors (Lipinski definition) is 5. The van der Waals surface area contributed by atoms with Crippen molar-refractivity contribution < 1.29 is 17.9 Å². The van der Waals surface area contributed by atoms with E-state index < -0.39 is 11.7 Å². The van der Waals surface area contributed by atoms with E-state index in [1.165, 1.54) is 18.5 Å². The largest absolute Gasteiger partial charge is 0.437 e. The molecule has 1 aromatic heterocycles. The van der Waals surface area contributed by atoms with Crippen LogP contribution in [0.3, 0.4) is 0 Å². The molecule has 3 aromatic rings. The van der Waals surface area contributed by atoms with E-state index in [1.807, 2.05) is 24.1 Å². The Hall–Kier alpha value is -3.42. The minimum Gasteiger partial charge on any atom is -0.437 e. The topological polar surface area (TPSA) is 50.6 Å². The zero-order valence-electron chi connectivity index (χ0n) is 14.8. The van der Waals surface area contributed by atoms with Gasteiger partial charge < -0.3 is 9.64 Å². The molecular weight excluding hydrogens is 369 g/mol. The van der Waals surface area contributed by atoms with Crippen molar-refractivity contribution >= 4 is 17.6 Å². The lowest BCUT2D eigenvalue weighted by Crippen LogP contribution is -2.22. The molecule has 0 fully saturated rings. The van der Waals surface area contributed by atoms with Crippen LogP contribution in [0.25, 0.3) is 11.3 Å². The van der Waals surface area contributed by atoms with Crippen molar-refractivity contribution in [1.82, 2.24) is 9.97 Å². The Morgan fingerprint density at radius 2 is 1.82 bits per heavy atom. The average molecular weight is 384 g/mol. The highest BCUT2D eigenvalue weighted by molar-refractivity contribution is 5.84. The zero-order chi connectivity index (χ0) is 19.7. The summed E-state index contributed by atoms with van der Waals surface area (Å²) in [6.45, 7) is 0.710. The summed E-state index contributed by atoms with van der Waals surface area (Å²) in [4.78, 5) is 14.7. The number of benzene rings is 2. The van der Waals surface area contributed by atoms with Crippen LogP contribution in [0.1, 0.15) is 5.56 Å². The second-order valence-corrected chi connectivity index (χ2v) is 6.23. The number of hydrogen-bond donors (Lipinski definition) is 0. The third kappa shape index (κ3) is 3.53. The number of halogens is 3. The lowest BCUT2D eigenvalue weighted by atomic mass is 10.1. The van der Waals surface area contributed by atoms with Gasteiger partial charge >= 0.3 is 6.18 Å². The fraction of sp³-hybridized carbons (Fsp3) is 0.150.